The molecule has 1 heterocycles. The van der Waals surface area contributed by atoms with E-state index in [1.54, 1.807) is 12.1 Å². The quantitative estimate of drug-likeness (QED) is 0.587. The molecule has 1 aromatic carbocycles. The van der Waals surface area contributed by atoms with Gasteiger partial charge in [-0.3, -0.25) is 10.1 Å². The van der Waals surface area contributed by atoms with Gasteiger partial charge >= 0.3 is 6.09 Å². The van der Waals surface area contributed by atoms with Crippen molar-refractivity contribution in [1.82, 2.24) is 5.32 Å². The van der Waals surface area contributed by atoms with Gasteiger partial charge in [0.15, 0.2) is 0 Å². The van der Waals surface area contributed by atoms with Crippen LogP contribution < -0.4 is 5.32 Å². The van der Waals surface area contributed by atoms with Crippen LogP contribution in [-0.2, 0) is 4.74 Å². The Kier molecular flexibility index (Phi) is 2.24. The van der Waals surface area contributed by atoms with Crippen molar-refractivity contribution >= 4 is 11.8 Å². The van der Waals surface area contributed by atoms with Gasteiger partial charge in [-0.2, -0.15) is 0 Å². The molecule has 1 aliphatic heterocycles. The molecule has 6 heteroatoms. The molecule has 0 saturated carbocycles. The zero-order valence-corrected chi connectivity index (χ0v) is 7.67. The molecular formula is C9H8N2O4. The van der Waals surface area contributed by atoms with Crippen molar-refractivity contribution in [2.45, 2.75) is 6.04 Å². The van der Waals surface area contributed by atoms with E-state index in [0.29, 0.717) is 5.56 Å². The number of carbonyl (C=O) groups excluding carboxylic acids is 1. The predicted octanol–water partition coefficient (Wildman–Crippen LogP) is 1.38. The molecule has 0 bridgehead atoms. The van der Waals surface area contributed by atoms with Gasteiger partial charge in [-0.1, -0.05) is 12.1 Å². The van der Waals surface area contributed by atoms with Crippen LogP contribution in [0.3, 0.4) is 0 Å². The summed E-state index contributed by atoms with van der Waals surface area (Å²) >= 11 is 0. The Hall–Kier alpha value is -2.11. The number of benzene rings is 1. The number of nitro groups is 1. The number of carbonyl (C=O) groups is 1. The Balaban J connectivity index is 2.25. The maximum atomic E-state index is 10.8. The molecule has 15 heavy (non-hydrogen) atoms. The summed E-state index contributed by atoms with van der Waals surface area (Å²) in [7, 11) is 0. The summed E-state index contributed by atoms with van der Waals surface area (Å²) in [6.07, 6.45) is -0.494. The molecule has 0 spiro atoms. The van der Waals surface area contributed by atoms with Gasteiger partial charge in [-0.15, -0.1) is 0 Å². The molecule has 0 radical (unpaired) electrons. The Bertz CT molecular complexity index is 418. The largest absolute Gasteiger partial charge is 0.447 e. The third-order valence-corrected chi connectivity index (χ3v) is 2.16. The van der Waals surface area contributed by atoms with Gasteiger partial charge in [-0.25, -0.2) is 4.79 Å². The first kappa shape index (κ1) is 9.45. The van der Waals surface area contributed by atoms with Crippen molar-refractivity contribution in [3.05, 3.63) is 39.9 Å². The van der Waals surface area contributed by atoms with E-state index in [-0.39, 0.29) is 18.3 Å². The highest BCUT2D eigenvalue weighted by molar-refractivity contribution is 5.70. The molecule has 1 fully saturated rings. The number of nitrogens with zero attached hydrogens (tertiary/aromatic N) is 1. The number of nitrogens with one attached hydrogen (secondary N) is 1. The Labute approximate surface area is 85.0 Å². The number of hydrogen-bond donors (Lipinski definition) is 1. The average molecular weight is 208 g/mol. The molecule has 1 aliphatic rings. The Morgan fingerprint density at radius 3 is 2.93 bits per heavy atom. The average Bonchev–Trinajstić information content (AvgIpc) is 2.65. The van der Waals surface area contributed by atoms with Crippen molar-refractivity contribution < 1.29 is 14.5 Å². The molecule has 1 saturated heterocycles. The molecule has 1 N–H and O–H groups in total. The highest BCUT2D eigenvalue weighted by atomic mass is 16.6. The van der Waals surface area contributed by atoms with Crippen molar-refractivity contribution in [1.29, 1.82) is 0 Å². The first-order chi connectivity index (χ1) is 7.16. The first-order valence-electron chi connectivity index (χ1n) is 4.34. The normalized spacial score (nSPS) is 19.5. The first-order valence-corrected chi connectivity index (χ1v) is 4.34. The lowest BCUT2D eigenvalue weighted by Gasteiger charge is -2.06. The molecule has 2 rings (SSSR count). The number of amides is 1. The van der Waals surface area contributed by atoms with Crippen molar-refractivity contribution in [2.24, 2.45) is 0 Å². The van der Waals surface area contributed by atoms with Gasteiger partial charge < -0.3 is 10.1 Å². The monoisotopic (exact) mass is 208 g/mol. The molecule has 0 aromatic heterocycles. The van der Waals surface area contributed by atoms with Crippen molar-refractivity contribution in [3.8, 4) is 0 Å². The van der Waals surface area contributed by atoms with Crippen LogP contribution >= 0.6 is 0 Å². The Morgan fingerprint density at radius 2 is 2.33 bits per heavy atom. The molecule has 1 unspecified atom stereocenters. The van der Waals surface area contributed by atoms with Gasteiger partial charge in [-0.05, 0) is 5.56 Å². The predicted molar refractivity (Wildman–Crippen MR) is 50.3 cm³/mol. The summed E-state index contributed by atoms with van der Waals surface area (Å²) in [6.45, 7) is 0.208. The fourth-order valence-electron chi connectivity index (χ4n) is 1.42. The van der Waals surface area contributed by atoms with Gasteiger partial charge in [0.2, 0.25) is 0 Å². The van der Waals surface area contributed by atoms with Gasteiger partial charge in [0, 0.05) is 12.1 Å². The number of nitro benzene ring substituents is 1. The second-order valence-corrected chi connectivity index (χ2v) is 3.15. The van der Waals surface area contributed by atoms with Crippen LogP contribution in [0.2, 0.25) is 0 Å². The number of non-ortho nitro benzene ring substituents is 1. The SMILES string of the molecule is O=C1NC(c2cccc([N+](=O)[O-])c2)CO1. The lowest BCUT2D eigenvalue weighted by molar-refractivity contribution is -0.384. The number of ether oxygens (including phenoxy) is 1. The zero-order chi connectivity index (χ0) is 10.8. The van der Waals surface area contributed by atoms with Crippen molar-refractivity contribution in [2.75, 3.05) is 6.61 Å². The zero-order valence-electron chi connectivity index (χ0n) is 7.67. The molecule has 1 aromatic rings. The minimum absolute atomic E-state index is 0.00801. The number of rotatable bonds is 2. The molecular weight excluding hydrogens is 200 g/mol. The lowest BCUT2D eigenvalue weighted by atomic mass is 10.1. The van der Waals surface area contributed by atoms with E-state index in [1.165, 1.54) is 12.1 Å². The van der Waals surface area contributed by atoms with Crippen LogP contribution in [0.1, 0.15) is 11.6 Å². The lowest BCUT2D eigenvalue weighted by Crippen LogP contribution is -2.18. The molecule has 6 nitrogen and oxygen atoms in total. The maximum absolute atomic E-state index is 10.8. The van der Waals surface area contributed by atoms with Gasteiger partial charge in [0.25, 0.3) is 5.69 Å². The van der Waals surface area contributed by atoms with E-state index >= 15 is 0 Å². The van der Waals surface area contributed by atoms with E-state index in [0.717, 1.165) is 0 Å². The number of alkyl carbamates (subject to hydrolysis) is 1. The third kappa shape index (κ3) is 1.88. The van der Waals surface area contributed by atoms with Crippen molar-refractivity contribution in [3.63, 3.8) is 0 Å². The standard InChI is InChI=1S/C9H8N2O4/c12-9-10-8(5-15-9)6-2-1-3-7(4-6)11(13)14/h1-4,8H,5H2,(H,10,12). The van der Waals surface area contributed by atoms with Crippen LogP contribution in [-0.4, -0.2) is 17.6 Å². The molecule has 1 amide bonds. The van der Waals surface area contributed by atoms with Crippen LogP contribution in [0.25, 0.3) is 0 Å². The molecule has 1 atom stereocenters. The van der Waals surface area contributed by atoms with E-state index in [9.17, 15) is 14.9 Å². The third-order valence-electron chi connectivity index (χ3n) is 2.16. The van der Waals surface area contributed by atoms with E-state index in [2.05, 4.69) is 5.32 Å². The minimum atomic E-state index is -0.494. The number of cyclic esters (lactones) is 1. The molecule has 78 valence electrons. The van der Waals surface area contributed by atoms with Crippen LogP contribution in [0.15, 0.2) is 24.3 Å². The smallest absolute Gasteiger partial charge is 0.407 e. The van der Waals surface area contributed by atoms with Gasteiger partial charge in [0.1, 0.15) is 6.61 Å². The summed E-state index contributed by atoms with van der Waals surface area (Å²) in [5.74, 6) is 0. The number of hydrogen-bond acceptors (Lipinski definition) is 4. The van der Waals surface area contributed by atoms with E-state index in [4.69, 9.17) is 4.74 Å². The van der Waals surface area contributed by atoms with Crippen LogP contribution in [0.5, 0.6) is 0 Å². The summed E-state index contributed by atoms with van der Waals surface area (Å²) in [4.78, 5) is 20.8. The summed E-state index contributed by atoms with van der Waals surface area (Å²) in [6, 6.07) is 5.84. The topological polar surface area (TPSA) is 81.5 Å². The van der Waals surface area contributed by atoms with E-state index < -0.39 is 11.0 Å². The summed E-state index contributed by atoms with van der Waals surface area (Å²) in [5.41, 5.74) is 0.684. The second kappa shape index (κ2) is 3.56. The van der Waals surface area contributed by atoms with Crippen LogP contribution in [0, 0.1) is 10.1 Å². The Morgan fingerprint density at radius 1 is 1.53 bits per heavy atom. The highest BCUT2D eigenvalue weighted by Gasteiger charge is 2.24. The summed E-state index contributed by atoms with van der Waals surface area (Å²) in [5, 5.41) is 13.1. The highest BCUT2D eigenvalue weighted by Crippen LogP contribution is 2.22. The summed E-state index contributed by atoms with van der Waals surface area (Å²) < 4.78 is 4.70. The fraction of sp³-hybridized carbons (Fsp3) is 0.222. The minimum Gasteiger partial charge on any atom is -0.447 e. The second-order valence-electron chi connectivity index (χ2n) is 3.15. The van der Waals surface area contributed by atoms with Crippen LogP contribution in [0.4, 0.5) is 10.5 Å². The fourth-order valence-corrected chi connectivity index (χ4v) is 1.42. The maximum Gasteiger partial charge on any atom is 0.407 e. The van der Waals surface area contributed by atoms with E-state index in [1.807, 2.05) is 0 Å². The molecule has 0 aliphatic carbocycles. The van der Waals surface area contributed by atoms with Gasteiger partial charge in [0.05, 0.1) is 11.0 Å².